The lowest BCUT2D eigenvalue weighted by Gasteiger charge is -2.24. The van der Waals surface area contributed by atoms with Gasteiger partial charge in [0.15, 0.2) is 18.6 Å². The number of aromatic nitrogens is 5. The summed E-state index contributed by atoms with van der Waals surface area (Å²) < 4.78 is 21.5. The average molecular weight is 565 g/mol. The Bertz CT molecular complexity index is 1600. The molecule has 16 heteroatoms. The summed E-state index contributed by atoms with van der Waals surface area (Å²) in [5, 5.41) is 19.1. The fourth-order valence-electron chi connectivity index (χ4n) is 3.19. The van der Waals surface area contributed by atoms with Crippen LogP contribution in [0.2, 0.25) is 10.0 Å². The van der Waals surface area contributed by atoms with Crippen molar-refractivity contribution in [3.05, 3.63) is 70.7 Å². The van der Waals surface area contributed by atoms with Gasteiger partial charge in [0.05, 0.1) is 28.9 Å². The van der Waals surface area contributed by atoms with Crippen LogP contribution in [0.5, 0.6) is 11.6 Å². The second-order valence-electron chi connectivity index (χ2n) is 8.17. The largest absolute Gasteiger partial charge is 0.510 e. The molecular formula is C22H18Cl2N6O8. The molecule has 0 atom stereocenters. The number of nitrogens with one attached hydrogen (secondary N) is 1. The van der Waals surface area contributed by atoms with Gasteiger partial charge in [-0.15, -0.1) is 10.2 Å². The molecule has 0 bridgehead atoms. The van der Waals surface area contributed by atoms with E-state index in [1.165, 1.54) is 18.2 Å². The molecule has 1 aliphatic rings. The highest BCUT2D eigenvalue weighted by atomic mass is 35.5. The Morgan fingerprint density at radius 1 is 1.24 bits per heavy atom. The van der Waals surface area contributed by atoms with Crippen LogP contribution in [-0.4, -0.2) is 50.0 Å². The van der Waals surface area contributed by atoms with Crippen molar-refractivity contribution < 1.29 is 23.7 Å². The molecule has 0 unspecified atom stereocenters. The van der Waals surface area contributed by atoms with Crippen LogP contribution in [-0.2, 0) is 20.9 Å². The number of benzene rings is 1. The van der Waals surface area contributed by atoms with Gasteiger partial charge in [-0.25, -0.2) is 19.3 Å². The minimum atomic E-state index is -1.13. The molecule has 38 heavy (non-hydrogen) atoms. The number of carbonyl (C=O) groups is 1. The lowest BCUT2D eigenvalue weighted by molar-refractivity contribution is -0.117. The molecule has 198 valence electrons. The molecule has 0 saturated carbocycles. The Labute approximate surface area is 222 Å². The zero-order valence-electron chi connectivity index (χ0n) is 19.8. The molecular weight excluding hydrogens is 547 g/mol. The first-order valence-corrected chi connectivity index (χ1v) is 11.7. The summed E-state index contributed by atoms with van der Waals surface area (Å²) in [7, 11) is 0. The fourth-order valence-corrected chi connectivity index (χ4v) is 3.74. The van der Waals surface area contributed by atoms with E-state index >= 15 is 0 Å². The van der Waals surface area contributed by atoms with Gasteiger partial charge in [0.2, 0.25) is 11.6 Å². The van der Waals surface area contributed by atoms with E-state index in [1.807, 2.05) is 13.8 Å². The van der Waals surface area contributed by atoms with Crippen LogP contribution >= 0.6 is 23.2 Å². The maximum atomic E-state index is 13.0. The van der Waals surface area contributed by atoms with Crippen molar-refractivity contribution in [2.75, 3.05) is 13.2 Å². The van der Waals surface area contributed by atoms with Crippen molar-refractivity contribution in [3.8, 4) is 23.4 Å². The van der Waals surface area contributed by atoms with Gasteiger partial charge in [0, 0.05) is 11.6 Å². The summed E-state index contributed by atoms with van der Waals surface area (Å²) in [5.41, 5.74) is -2.79. The standard InChI is InChI=1S/C22H18Cl2N6O8/c1-10(2)13-5-17(26-27-19(13)31)38-18-14(23)3-11(4-15(18)24)30-21(33)29(20(32)16(6-25)28-30)9-36-22(34)37-12-7-35-8-12/h3-5,10,12H,7-9H2,1-2H3,(H,27,31). The van der Waals surface area contributed by atoms with E-state index in [0.717, 1.165) is 0 Å². The summed E-state index contributed by atoms with van der Waals surface area (Å²) in [6, 6.07) is 5.51. The number of nitrogens with zero attached hydrogens (tertiary/aromatic N) is 5. The van der Waals surface area contributed by atoms with Crippen molar-refractivity contribution in [2.24, 2.45) is 0 Å². The topological polar surface area (TPSA) is 180 Å². The van der Waals surface area contributed by atoms with Crippen LogP contribution in [0.3, 0.4) is 0 Å². The minimum Gasteiger partial charge on any atom is -0.434 e. The molecule has 1 fully saturated rings. The first kappa shape index (κ1) is 26.9. The van der Waals surface area contributed by atoms with Gasteiger partial charge in [-0.1, -0.05) is 37.0 Å². The molecule has 1 saturated heterocycles. The number of H-pyrrole nitrogens is 1. The second kappa shape index (κ2) is 11.1. The maximum Gasteiger partial charge on any atom is 0.510 e. The molecule has 4 rings (SSSR count). The third kappa shape index (κ3) is 5.54. The molecule has 3 heterocycles. The molecule has 0 aliphatic carbocycles. The highest BCUT2D eigenvalue weighted by Gasteiger charge is 2.24. The van der Waals surface area contributed by atoms with Crippen molar-refractivity contribution >= 4 is 29.4 Å². The van der Waals surface area contributed by atoms with Gasteiger partial charge in [-0.3, -0.25) is 9.59 Å². The van der Waals surface area contributed by atoms with E-state index in [-0.39, 0.29) is 52.1 Å². The molecule has 0 radical (unpaired) electrons. The number of nitriles is 1. The Kier molecular flexibility index (Phi) is 7.81. The number of hydrogen-bond donors (Lipinski definition) is 1. The number of rotatable bonds is 7. The lowest BCUT2D eigenvalue weighted by atomic mass is 10.1. The van der Waals surface area contributed by atoms with Crippen molar-refractivity contribution in [1.82, 2.24) is 24.5 Å². The quantitative estimate of drug-likeness (QED) is 0.414. The summed E-state index contributed by atoms with van der Waals surface area (Å²) >= 11 is 12.7. The van der Waals surface area contributed by atoms with E-state index in [4.69, 9.17) is 42.1 Å². The van der Waals surface area contributed by atoms with E-state index in [2.05, 4.69) is 15.3 Å². The van der Waals surface area contributed by atoms with Crippen LogP contribution in [0.25, 0.3) is 5.69 Å². The number of carbonyl (C=O) groups excluding carboxylic acids is 1. The molecule has 1 aliphatic heterocycles. The van der Waals surface area contributed by atoms with Gasteiger partial charge in [-0.05, 0) is 18.1 Å². The van der Waals surface area contributed by atoms with Crippen LogP contribution in [0.15, 0.2) is 32.6 Å². The molecule has 1 aromatic carbocycles. The predicted octanol–water partition coefficient (Wildman–Crippen LogP) is 2.08. The maximum absolute atomic E-state index is 13.0. The molecule has 2 aromatic heterocycles. The first-order valence-electron chi connectivity index (χ1n) is 10.9. The highest BCUT2D eigenvalue weighted by molar-refractivity contribution is 6.37. The molecule has 0 spiro atoms. The fraction of sp³-hybridized carbons (Fsp3) is 0.318. The minimum absolute atomic E-state index is 0.0120. The predicted molar refractivity (Wildman–Crippen MR) is 130 cm³/mol. The second-order valence-corrected chi connectivity index (χ2v) is 8.99. The smallest absolute Gasteiger partial charge is 0.434 e. The van der Waals surface area contributed by atoms with Crippen molar-refractivity contribution in [2.45, 2.75) is 32.6 Å². The lowest BCUT2D eigenvalue weighted by Crippen LogP contribution is -2.43. The van der Waals surface area contributed by atoms with E-state index < -0.39 is 35.9 Å². The number of ether oxygens (including phenoxy) is 4. The Balaban J connectivity index is 1.66. The van der Waals surface area contributed by atoms with Crippen LogP contribution in [0.4, 0.5) is 4.79 Å². The third-order valence-corrected chi connectivity index (χ3v) is 5.77. The van der Waals surface area contributed by atoms with Crippen molar-refractivity contribution in [1.29, 1.82) is 5.26 Å². The first-order chi connectivity index (χ1) is 18.1. The Morgan fingerprint density at radius 2 is 1.92 bits per heavy atom. The summed E-state index contributed by atoms with van der Waals surface area (Å²) in [5.74, 6) is -0.143. The van der Waals surface area contributed by atoms with E-state index in [1.54, 1.807) is 6.07 Å². The zero-order valence-corrected chi connectivity index (χ0v) is 21.3. The van der Waals surface area contributed by atoms with Gasteiger partial charge >= 0.3 is 11.8 Å². The Morgan fingerprint density at radius 3 is 2.50 bits per heavy atom. The number of halogens is 2. The zero-order chi connectivity index (χ0) is 27.6. The van der Waals surface area contributed by atoms with Gasteiger partial charge in [-0.2, -0.15) is 9.94 Å². The summed E-state index contributed by atoms with van der Waals surface area (Å²) in [6.07, 6.45) is -1.62. The summed E-state index contributed by atoms with van der Waals surface area (Å²) in [4.78, 5) is 49.3. The molecule has 0 amide bonds. The van der Waals surface area contributed by atoms with E-state index in [9.17, 15) is 24.4 Å². The number of aromatic amines is 1. The third-order valence-electron chi connectivity index (χ3n) is 5.21. The molecule has 3 aromatic rings. The van der Waals surface area contributed by atoms with Crippen molar-refractivity contribution in [3.63, 3.8) is 0 Å². The normalized spacial score (nSPS) is 13.1. The van der Waals surface area contributed by atoms with E-state index in [0.29, 0.717) is 14.8 Å². The van der Waals surface area contributed by atoms with Gasteiger partial charge in [0.25, 0.3) is 11.1 Å². The highest BCUT2D eigenvalue weighted by Crippen LogP contribution is 2.37. The molecule has 1 N–H and O–H groups in total. The Hall–Kier alpha value is -4.19. The van der Waals surface area contributed by atoms with Crippen LogP contribution in [0.1, 0.15) is 31.0 Å². The monoisotopic (exact) mass is 564 g/mol. The van der Waals surface area contributed by atoms with Crippen LogP contribution in [0, 0.1) is 11.3 Å². The van der Waals surface area contributed by atoms with Gasteiger partial charge in [0.1, 0.15) is 6.07 Å². The summed E-state index contributed by atoms with van der Waals surface area (Å²) in [6.45, 7) is 3.20. The van der Waals surface area contributed by atoms with Crippen LogP contribution < -0.4 is 21.5 Å². The molecule has 14 nitrogen and oxygen atoms in total. The average Bonchev–Trinajstić information content (AvgIpc) is 2.84. The number of hydrogen-bond acceptors (Lipinski definition) is 11. The van der Waals surface area contributed by atoms with Gasteiger partial charge < -0.3 is 18.9 Å². The SMILES string of the molecule is CC(C)c1cc(Oc2c(Cl)cc(-n3nc(C#N)c(=O)n(COC(=O)OC4COC4)c3=O)cc2Cl)n[nH]c1=O.